The summed E-state index contributed by atoms with van der Waals surface area (Å²) in [6, 6.07) is 4.75. The number of methoxy groups -OCH3 is 1. The number of rotatable bonds is 3. The molecule has 0 aliphatic rings. The summed E-state index contributed by atoms with van der Waals surface area (Å²) in [7, 11) is 1.52. The number of benzene rings is 1. The lowest BCUT2D eigenvalue weighted by molar-refractivity contribution is 0.405. The van der Waals surface area contributed by atoms with Crippen molar-refractivity contribution in [3.63, 3.8) is 0 Å². The highest BCUT2D eigenvalue weighted by molar-refractivity contribution is 6.18. The summed E-state index contributed by atoms with van der Waals surface area (Å²) in [4.78, 5) is 0. The van der Waals surface area contributed by atoms with Gasteiger partial charge in [-0.25, -0.2) is 4.39 Å². The lowest BCUT2D eigenvalue weighted by Crippen LogP contribution is -1.96. The van der Waals surface area contributed by atoms with Gasteiger partial charge in [0.25, 0.3) is 0 Å². The first-order valence-electron chi connectivity index (χ1n) is 3.67. The standard InChI is InChI=1S/C9H10ClFO/c1-12-9-4-2-3-8(11)7(9)5-6-10/h2-4H,5-6H2,1H3. The molecule has 0 fully saturated rings. The van der Waals surface area contributed by atoms with Crippen LogP contribution in [0.1, 0.15) is 5.56 Å². The third-order valence-electron chi connectivity index (χ3n) is 1.64. The van der Waals surface area contributed by atoms with Crippen LogP contribution in [0.15, 0.2) is 18.2 Å². The highest BCUT2D eigenvalue weighted by atomic mass is 35.5. The molecule has 0 aromatic heterocycles. The zero-order chi connectivity index (χ0) is 8.97. The van der Waals surface area contributed by atoms with E-state index >= 15 is 0 Å². The van der Waals surface area contributed by atoms with Gasteiger partial charge in [0.2, 0.25) is 0 Å². The van der Waals surface area contributed by atoms with Crippen molar-refractivity contribution in [1.29, 1.82) is 0 Å². The predicted octanol–water partition coefficient (Wildman–Crippen LogP) is 2.62. The van der Waals surface area contributed by atoms with E-state index in [1.807, 2.05) is 0 Å². The predicted molar refractivity (Wildman–Crippen MR) is 47.4 cm³/mol. The van der Waals surface area contributed by atoms with Crippen molar-refractivity contribution in [3.8, 4) is 5.75 Å². The maximum absolute atomic E-state index is 13.1. The molecule has 1 nitrogen and oxygen atoms in total. The topological polar surface area (TPSA) is 9.23 Å². The van der Waals surface area contributed by atoms with Crippen LogP contribution >= 0.6 is 11.6 Å². The van der Waals surface area contributed by atoms with Crippen molar-refractivity contribution in [3.05, 3.63) is 29.6 Å². The fourth-order valence-electron chi connectivity index (χ4n) is 1.07. The molecule has 0 aliphatic carbocycles. The molecule has 1 aromatic carbocycles. The van der Waals surface area contributed by atoms with E-state index in [0.717, 1.165) is 0 Å². The Morgan fingerprint density at radius 3 is 2.83 bits per heavy atom. The van der Waals surface area contributed by atoms with E-state index in [-0.39, 0.29) is 5.82 Å². The quantitative estimate of drug-likeness (QED) is 0.663. The molecule has 0 heterocycles. The summed E-state index contributed by atoms with van der Waals surface area (Å²) in [5.74, 6) is 0.711. The van der Waals surface area contributed by atoms with Gasteiger partial charge < -0.3 is 4.74 Å². The fourth-order valence-corrected chi connectivity index (χ4v) is 1.26. The van der Waals surface area contributed by atoms with Crippen LogP contribution in [-0.4, -0.2) is 13.0 Å². The Balaban J connectivity index is 3.02. The molecule has 0 saturated carbocycles. The monoisotopic (exact) mass is 188 g/mol. The van der Waals surface area contributed by atoms with Crippen molar-refractivity contribution in [2.45, 2.75) is 6.42 Å². The lowest BCUT2D eigenvalue weighted by Gasteiger charge is -2.06. The second-order valence-electron chi connectivity index (χ2n) is 2.36. The molecule has 3 heteroatoms. The van der Waals surface area contributed by atoms with Gasteiger partial charge in [0.05, 0.1) is 7.11 Å². The molecule has 0 amide bonds. The van der Waals surface area contributed by atoms with Gasteiger partial charge in [0.15, 0.2) is 0 Å². The van der Waals surface area contributed by atoms with Gasteiger partial charge in [-0.05, 0) is 18.6 Å². The largest absolute Gasteiger partial charge is 0.496 e. The van der Waals surface area contributed by atoms with Gasteiger partial charge in [0, 0.05) is 11.4 Å². The Hall–Kier alpha value is -0.760. The molecule has 0 atom stereocenters. The van der Waals surface area contributed by atoms with Crippen molar-refractivity contribution < 1.29 is 9.13 Å². The molecule has 12 heavy (non-hydrogen) atoms. The minimum atomic E-state index is -0.255. The number of alkyl halides is 1. The first kappa shape index (κ1) is 9.33. The van der Waals surface area contributed by atoms with E-state index in [2.05, 4.69) is 0 Å². The Morgan fingerprint density at radius 2 is 2.25 bits per heavy atom. The minimum Gasteiger partial charge on any atom is -0.496 e. The zero-order valence-electron chi connectivity index (χ0n) is 6.81. The Labute approximate surface area is 76.1 Å². The molecule has 0 unspecified atom stereocenters. The summed E-state index contributed by atoms with van der Waals surface area (Å²) >= 11 is 5.51. The Bertz CT molecular complexity index is 263. The van der Waals surface area contributed by atoms with Gasteiger partial charge in [-0.1, -0.05) is 6.07 Å². The molecule has 1 aromatic rings. The average Bonchev–Trinajstić information content (AvgIpc) is 2.09. The van der Waals surface area contributed by atoms with Crippen LogP contribution in [-0.2, 0) is 6.42 Å². The van der Waals surface area contributed by atoms with Crippen LogP contribution < -0.4 is 4.74 Å². The van der Waals surface area contributed by atoms with Gasteiger partial charge in [0.1, 0.15) is 11.6 Å². The minimum absolute atomic E-state index is 0.255. The highest BCUT2D eigenvalue weighted by Gasteiger charge is 2.06. The first-order chi connectivity index (χ1) is 5.79. The van der Waals surface area contributed by atoms with Crippen LogP contribution in [0.25, 0.3) is 0 Å². The van der Waals surface area contributed by atoms with Crippen LogP contribution in [0, 0.1) is 5.82 Å². The Morgan fingerprint density at radius 1 is 1.50 bits per heavy atom. The molecule has 66 valence electrons. The summed E-state index contributed by atoms with van der Waals surface area (Å²) in [5, 5.41) is 0. The second kappa shape index (κ2) is 4.31. The van der Waals surface area contributed by atoms with Crippen LogP contribution in [0.2, 0.25) is 0 Å². The van der Waals surface area contributed by atoms with E-state index in [0.29, 0.717) is 23.6 Å². The highest BCUT2D eigenvalue weighted by Crippen LogP contribution is 2.21. The normalized spacial score (nSPS) is 9.92. The molecular weight excluding hydrogens is 179 g/mol. The summed E-state index contributed by atoms with van der Waals surface area (Å²) in [6.07, 6.45) is 0.497. The molecule has 0 N–H and O–H groups in total. The van der Waals surface area contributed by atoms with Crippen molar-refractivity contribution in [1.82, 2.24) is 0 Å². The Kier molecular flexibility index (Phi) is 3.35. The SMILES string of the molecule is COc1cccc(F)c1CCCl. The molecule has 0 radical (unpaired) electrons. The number of hydrogen-bond acceptors (Lipinski definition) is 1. The molecule has 1 rings (SSSR count). The lowest BCUT2D eigenvalue weighted by atomic mass is 10.1. The van der Waals surface area contributed by atoms with Crippen LogP contribution in [0.3, 0.4) is 0 Å². The van der Waals surface area contributed by atoms with E-state index in [4.69, 9.17) is 16.3 Å². The maximum Gasteiger partial charge on any atom is 0.130 e. The van der Waals surface area contributed by atoms with E-state index < -0.39 is 0 Å². The van der Waals surface area contributed by atoms with Gasteiger partial charge >= 0.3 is 0 Å². The summed E-state index contributed by atoms with van der Waals surface area (Å²) in [5.41, 5.74) is 0.551. The van der Waals surface area contributed by atoms with Crippen molar-refractivity contribution in [2.24, 2.45) is 0 Å². The molecule has 0 spiro atoms. The maximum atomic E-state index is 13.1. The van der Waals surface area contributed by atoms with E-state index in [1.165, 1.54) is 13.2 Å². The fraction of sp³-hybridized carbons (Fsp3) is 0.333. The first-order valence-corrected chi connectivity index (χ1v) is 4.20. The molecule has 0 aliphatic heterocycles. The summed E-state index contributed by atoms with van der Waals surface area (Å²) in [6.45, 7) is 0. The summed E-state index contributed by atoms with van der Waals surface area (Å²) < 4.78 is 18.1. The molecule has 0 bridgehead atoms. The van der Waals surface area contributed by atoms with Gasteiger partial charge in [-0.15, -0.1) is 11.6 Å². The van der Waals surface area contributed by atoms with Crippen LogP contribution in [0.5, 0.6) is 5.75 Å². The van der Waals surface area contributed by atoms with Crippen molar-refractivity contribution in [2.75, 3.05) is 13.0 Å². The third kappa shape index (κ3) is 1.89. The number of ether oxygens (including phenoxy) is 1. The number of halogens is 2. The van der Waals surface area contributed by atoms with Gasteiger partial charge in [-0.2, -0.15) is 0 Å². The smallest absolute Gasteiger partial charge is 0.130 e. The van der Waals surface area contributed by atoms with E-state index in [1.54, 1.807) is 12.1 Å². The third-order valence-corrected chi connectivity index (χ3v) is 1.83. The average molecular weight is 189 g/mol. The molecular formula is C9H10ClFO. The zero-order valence-corrected chi connectivity index (χ0v) is 7.57. The van der Waals surface area contributed by atoms with E-state index in [9.17, 15) is 4.39 Å². The second-order valence-corrected chi connectivity index (χ2v) is 2.74. The van der Waals surface area contributed by atoms with Gasteiger partial charge in [-0.3, -0.25) is 0 Å². The van der Waals surface area contributed by atoms with Crippen LogP contribution in [0.4, 0.5) is 4.39 Å². The molecule has 0 saturated heterocycles. The van der Waals surface area contributed by atoms with Crippen molar-refractivity contribution >= 4 is 11.6 Å². The number of hydrogen-bond donors (Lipinski definition) is 0.